The zero-order chi connectivity index (χ0) is 15.6. The molecule has 0 aromatic carbocycles. The number of carboxylic acid groups (broad SMARTS) is 1. The lowest BCUT2D eigenvalue weighted by Crippen LogP contribution is -2.49. The molecule has 8 heteroatoms. The molecule has 2 aliphatic rings. The smallest absolute Gasteiger partial charge is 0.326 e. The van der Waals surface area contributed by atoms with Crippen LogP contribution in [0.5, 0.6) is 0 Å². The molecule has 0 saturated carbocycles. The van der Waals surface area contributed by atoms with Gasteiger partial charge in [-0.3, -0.25) is 4.79 Å². The summed E-state index contributed by atoms with van der Waals surface area (Å²) in [6, 6.07) is -0.754. The van der Waals surface area contributed by atoms with Crippen LogP contribution in [0, 0.1) is 5.92 Å². The van der Waals surface area contributed by atoms with Crippen LogP contribution in [0.15, 0.2) is 0 Å². The first-order chi connectivity index (χ1) is 9.86. The molecule has 1 unspecified atom stereocenters. The summed E-state index contributed by atoms with van der Waals surface area (Å²) in [4.78, 5) is 25.1. The third kappa shape index (κ3) is 3.37. The van der Waals surface area contributed by atoms with Gasteiger partial charge < -0.3 is 10.0 Å². The van der Waals surface area contributed by atoms with Gasteiger partial charge in [-0.25, -0.2) is 17.5 Å². The van der Waals surface area contributed by atoms with E-state index in [4.69, 9.17) is 5.11 Å². The molecule has 0 aromatic heterocycles. The van der Waals surface area contributed by atoms with Crippen LogP contribution in [0.25, 0.3) is 0 Å². The molecular weight excluding hydrogens is 296 g/mol. The zero-order valence-corrected chi connectivity index (χ0v) is 13.0. The zero-order valence-electron chi connectivity index (χ0n) is 12.2. The van der Waals surface area contributed by atoms with Crippen molar-refractivity contribution >= 4 is 21.9 Å². The Kier molecular flexibility index (Phi) is 4.88. The number of hydrogen-bond donors (Lipinski definition) is 1. The lowest BCUT2D eigenvalue weighted by Gasteiger charge is -2.34. The standard InChI is InChI=1S/C13H22N2O5S/c1-2-21(19,20)14-7-3-5-10(9-14)12(16)15-8-4-6-11(15)13(17)18/h10-11H,2-9H2,1H3,(H,17,18)/t10?,11-/m1/s1. The number of piperidine rings is 1. The van der Waals surface area contributed by atoms with Crippen molar-refractivity contribution in [1.29, 1.82) is 0 Å². The van der Waals surface area contributed by atoms with Gasteiger partial charge in [-0.1, -0.05) is 0 Å². The summed E-state index contributed by atoms with van der Waals surface area (Å²) in [7, 11) is -3.29. The van der Waals surface area contributed by atoms with Crippen molar-refractivity contribution in [3.05, 3.63) is 0 Å². The monoisotopic (exact) mass is 318 g/mol. The Labute approximate surface area is 125 Å². The Morgan fingerprint density at radius 3 is 2.48 bits per heavy atom. The van der Waals surface area contributed by atoms with Crippen molar-refractivity contribution in [3.63, 3.8) is 0 Å². The molecule has 2 aliphatic heterocycles. The summed E-state index contributed by atoms with van der Waals surface area (Å²) in [5.41, 5.74) is 0. The third-order valence-corrected chi connectivity index (χ3v) is 6.16. The second-order valence-electron chi connectivity index (χ2n) is 5.63. The van der Waals surface area contributed by atoms with Gasteiger partial charge in [0.2, 0.25) is 15.9 Å². The number of likely N-dealkylation sites (tertiary alicyclic amines) is 1. The molecule has 2 saturated heterocycles. The van der Waals surface area contributed by atoms with E-state index in [9.17, 15) is 18.0 Å². The molecule has 21 heavy (non-hydrogen) atoms. The number of carbonyl (C=O) groups excluding carboxylic acids is 1. The van der Waals surface area contributed by atoms with Gasteiger partial charge in [-0.05, 0) is 32.6 Å². The Bertz CT molecular complexity index is 519. The Morgan fingerprint density at radius 2 is 1.86 bits per heavy atom. The van der Waals surface area contributed by atoms with Crippen LogP contribution < -0.4 is 0 Å². The van der Waals surface area contributed by atoms with Crippen molar-refractivity contribution in [2.24, 2.45) is 5.92 Å². The van der Waals surface area contributed by atoms with Crippen molar-refractivity contribution in [3.8, 4) is 0 Å². The summed E-state index contributed by atoms with van der Waals surface area (Å²) < 4.78 is 25.2. The summed E-state index contributed by atoms with van der Waals surface area (Å²) in [5, 5.41) is 9.15. The highest BCUT2D eigenvalue weighted by Crippen LogP contribution is 2.26. The van der Waals surface area contributed by atoms with E-state index in [-0.39, 0.29) is 18.2 Å². The molecule has 0 bridgehead atoms. The van der Waals surface area contributed by atoms with E-state index in [1.54, 1.807) is 6.92 Å². The summed E-state index contributed by atoms with van der Waals surface area (Å²) in [6.07, 6.45) is 2.43. The summed E-state index contributed by atoms with van der Waals surface area (Å²) in [6.45, 7) is 2.66. The topological polar surface area (TPSA) is 95.0 Å². The maximum Gasteiger partial charge on any atom is 0.326 e. The highest BCUT2D eigenvalue weighted by Gasteiger charge is 2.39. The minimum atomic E-state index is -3.29. The van der Waals surface area contributed by atoms with Crippen molar-refractivity contribution in [1.82, 2.24) is 9.21 Å². The quantitative estimate of drug-likeness (QED) is 0.794. The second-order valence-corrected chi connectivity index (χ2v) is 7.88. The number of amides is 1. The van der Waals surface area contributed by atoms with Crippen LogP contribution in [0.3, 0.4) is 0 Å². The van der Waals surface area contributed by atoms with E-state index < -0.39 is 28.0 Å². The normalized spacial score (nSPS) is 27.8. The molecule has 0 radical (unpaired) electrons. The molecule has 1 N–H and O–H groups in total. The minimum absolute atomic E-state index is 0.0232. The van der Waals surface area contributed by atoms with Gasteiger partial charge in [0.25, 0.3) is 0 Å². The lowest BCUT2D eigenvalue weighted by molar-refractivity contribution is -0.150. The Morgan fingerprint density at radius 1 is 1.19 bits per heavy atom. The number of hydrogen-bond acceptors (Lipinski definition) is 4. The molecule has 2 atom stereocenters. The third-order valence-electron chi connectivity index (χ3n) is 4.31. The molecule has 0 aromatic rings. The molecule has 2 rings (SSSR count). The SMILES string of the molecule is CCS(=O)(=O)N1CCCC(C(=O)N2CCC[C@@H]2C(=O)O)C1. The molecule has 1 amide bonds. The summed E-state index contributed by atoms with van der Waals surface area (Å²) >= 11 is 0. The van der Waals surface area contributed by atoms with E-state index in [0.717, 1.165) is 0 Å². The van der Waals surface area contributed by atoms with Crippen LogP contribution in [0.2, 0.25) is 0 Å². The van der Waals surface area contributed by atoms with Gasteiger partial charge in [0, 0.05) is 19.6 Å². The first kappa shape index (κ1) is 16.2. The average molecular weight is 318 g/mol. The Balaban J connectivity index is 2.07. The first-order valence-electron chi connectivity index (χ1n) is 7.38. The van der Waals surface area contributed by atoms with E-state index in [2.05, 4.69) is 0 Å². The number of carbonyl (C=O) groups is 2. The maximum atomic E-state index is 12.5. The molecule has 2 heterocycles. The van der Waals surface area contributed by atoms with E-state index >= 15 is 0 Å². The average Bonchev–Trinajstić information content (AvgIpc) is 2.96. The van der Waals surface area contributed by atoms with Crippen LogP contribution in [-0.4, -0.2) is 66.0 Å². The number of aliphatic carboxylic acids is 1. The number of rotatable bonds is 4. The van der Waals surface area contributed by atoms with Gasteiger partial charge in [-0.2, -0.15) is 0 Å². The fourth-order valence-corrected chi connectivity index (χ4v) is 4.28. The van der Waals surface area contributed by atoms with Gasteiger partial charge in [-0.15, -0.1) is 0 Å². The minimum Gasteiger partial charge on any atom is -0.480 e. The van der Waals surface area contributed by atoms with E-state index in [0.29, 0.717) is 38.8 Å². The van der Waals surface area contributed by atoms with Crippen LogP contribution >= 0.6 is 0 Å². The maximum absolute atomic E-state index is 12.5. The first-order valence-corrected chi connectivity index (χ1v) is 8.99. The molecular formula is C13H22N2O5S. The fourth-order valence-electron chi connectivity index (χ4n) is 3.10. The molecule has 0 spiro atoms. The van der Waals surface area contributed by atoms with E-state index in [1.165, 1.54) is 9.21 Å². The van der Waals surface area contributed by atoms with Crippen molar-refractivity contribution < 1.29 is 23.1 Å². The fraction of sp³-hybridized carbons (Fsp3) is 0.846. The molecule has 120 valence electrons. The Hall–Kier alpha value is -1.15. The van der Waals surface area contributed by atoms with Crippen LogP contribution in [-0.2, 0) is 19.6 Å². The number of carboxylic acids is 1. The molecule has 7 nitrogen and oxygen atoms in total. The predicted molar refractivity (Wildman–Crippen MR) is 76.1 cm³/mol. The molecule has 0 aliphatic carbocycles. The highest BCUT2D eigenvalue weighted by atomic mass is 32.2. The largest absolute Gasteiger partial charge is 0.480 e. The van der Waals surface area contributed by atoms with Gasteiger partial charge in [0.05, 0.1) is 11.7 Å². The second kappa shape index (κ2) is 6.31. The van der Waals surface area contributed by atoms with Gasteiger partial charge >= 0.3 is 5.97 Å². The highest BCUT2D eigenvalue weighted by molar-refractivity contribution is 7.89. The van der Waals surface area contributed by atoms with Gasteiger partial charge in [0.1, 0.15) is 6.04 Å². The number of nitrogens with zero attached hydrogens (tertiary/aromatic N) is 2. The van der Waals surface area contributed by atoms with E-state index in [1.807, 2.05) is 0 Å². The van der Waals surface area contributed by atoms with Gasteiger partial charge in [0.15, 0.2) is 0 Å². The van der Waals surface area contributed by atoms with Crippen LogP contribution in [0.1, 0.15) is 32.6 Å². The summed E-state index contributed by atoms with van der Waals surface area (Å²) in [5.74, 6) is -1.58. The van der Waals surface area contributed by atoms with Crippen molar-refractivity contribution in [2.75, 3.05) is 25.4 Å². The van der Waals surface area contributed by atoms with Crippen molar-refractivity contribution in [2.45, 2.75) is 38.6 Å². The molecule has 2 fully saturated rings. The number of sulfonamides is 1. The van der Waals surface area contributed by atoms with Crippen LogP contribution in [0.4, 0.5) is 0 Å². The lowest BCUT2D eigenvalue weighted by atomic mass is 9.97. The predicted octanol–water partition coefficient (Wildman–Crippen LogP) is 0.124.